The minimum absolute atomic E-state index is 0.138. The van der Waals surface area contributed by atoms with E-state index in [2.05, 4.69) is 0 Å². The summed E-state index contributed by atoms with van der Waals surface area (Å²) in [6.07, 6.45) is -6.12. The van der Waals surface area contributed by atoms with Crippen molar-refractivity contribution >= 4 is 17.6 Å². The van der Waals surface area contributed by atoms with Gasteiger partial charge in [-0.1, -0.05) is 36.4 Å². The van der Waals surface area contributed by atoms with Gasteiger partial charge in [0.2, 0.25) is 5.91 Å². The summed E-state index contributed by atoms with van der Waals surface area (Å²) < 4.78 is 24.1. The molecule has 3 aromatic carbocycles. The Morgan fingerprint density at radius 1 is 0.933 bits per heavy atom. The number of aliphatic hydroxyl groups excluding tert-OH is 5. The SMILES string of the molecule is CCOC(=O)c1ccc(N2C(=O)[C@H](CC[C@H](O)c3ccc(F)cc3)[C@H]2c2ccc(C[C@@H]3O[C@H](CO)[C@@H](O)[C@H](O)[C@H]3O)cc2)cc1. The van der Waals surface area contributed by atoms with Crippen LogP contribution in [0.2, 0.25) is 0 Å². The highest BCUT2D eigenvalue weighted by Gasteiger charge is 2.48. The van der Waals surface area contributed by atoms with Crippen LogP contribution in [-0.4, -0.2) is 81.1 Å². The largest absolute Gasteiger partial charge is 0.462 e. The molecule has 0 unspecified atom stereocenters. The van der Waals surface area contributed by atoms with E-state index in [-0.39, 0.29) is 31.4 Å². The van der Waals surface area contributed by atoms with E-state index in [1.807, 2.05) is 24.3 Å². The van der Waals surface area contributed by atoms with Gasteiger partial charge in [-0.3, -0.25) is 4.79 Å². The molecule has 5 rings (SSSR count). The number of nitrogens with zero attached hydrogens (tertiary/aromatic N) is 1. The first-order valence-corrected chi connectivity index (χ1v) is 15.1. The Bertz CT molecular complexity index is 1450. The fourth-order valence-corrected chi connectivity index (χ4v) is 6.09. The lowest BCUT2D eigenvalue weighted by Crippen LogP contribution is -2.59. The number of benzene rings is 3. The Labute approximate surface area is 260 Å². The highest BCUT2D eigenvalue weighted by Crippen LogP contribution is 2.46. The highest BCUT2D eigenvalue weighted by atomic mass is 19.1. The zero-order valence-corrected chi connectivity index (χ0v) is 24.8. The molecule has 2 saturated heterocycles. The van der Waals surface area contributed by atoms with E-state index < -0.39 is 60.9 Å². The van der Waals surface area contributed by atoms with Gasteiger partial charge in [-0.15, -0.1) is 0 Å². The van der Waals surface area contributed by atoms with Crippen molar-refractivity contribution in [1.29, 1.82) is 0 Å². The second kappa shape index (κ2) is 14.2. The van der Waals surface area contributed by atoms with Crippen LogP contribution in [0.3, 0.4) is 0 Å². The number of esters is 1. The standard InChI is InChI=1S/C34H38FNO9/c1-2-44-34(43)22-9-13-24(14-10-22)36-29(25(33(36)42)15-16-26(38)20-7-11-23(35)12-8-20)21-5-3-19(4-6-21)17-27-30(39)32(41)31(40)28(18-37)45-27/h3-14,25-32,37-41H,2,15-18H2,1H3/t25-,26+,27+,28-,29-,30+,31-,32-/m1/s1. The number of rotatable bonds is 11. The monoisotopic (exact) mass is 623 g/mol. The lowest BCUT2D eigenvalue weighted by molar-refractivity contribution is -0.228. The molecule has 5 N–H and O–H groups in total. The van der Waals surface area contributed by atoms with Gasteiger partial charge in [0.25, 0.3) is 0 Å². The van der Waals surface area contributed by atoms with Crippen molar-refractivity contribution in [1.82, 2.24) is 0 Å². The van der Waals surface area contributed by atoms with Crippen LogP contribution in [0, 0.1) is 11.7 Å². The Kier molecular flexibility index (Phi) is 10.3. The summed E-state index contributed by atoms with van der Waals surface area (Å²) in [4.78, 5) is 27.3. The Morgan fingerprint density at radius 2 is 1.58 bits per heavy atom. The molecule has 0 aromatic heterocycles. The number of carbonyl (C=O) groups is 2. The second-order valence-electron chi connectivity index (χ2n) is 11.5. The van der Waals surface area contributed by atoms with E-state index in [9.17, 15) is 39.5 Å². The predicted molar refractivity (Wildman–Crippen MR) is 161 cm³/mol. The van der Waals surface area contributed by atoms with Crippen molar-refractivity contribution in [3.05, 3.63) is 101 Å². The van der Waals surface area contributed by atoms with Gasteiger partial charge in [0.05, 0.1) is 42.9 Å². The van der Waals surface area contributed by atoms with Gasteiger partial charge in [0, 0.05) is 12.1 Å². The molecule has 0 radical (unpaired) electrons. The molecule has 0 bridgehead atoms. The summed E-state index contributed by atoms with van der Waals surface area (Å²) in [7, 11) is 0. The lowest BCUT2D eigenvalue weighted by atomic mass is 9.78. The molecule has 2 aliphatic heterocycles. The van der Waals surface area contributed by atoms with Crippen molar-refractivity contribution in [2.75, 3.05) is 18.1 Å². The van der Waals surface area contributed by atoms with Crippen LogP contribution in [0.1, 0.15) is 59.0 Å². The van der Waals surface area contributed by atoms with Crippen molar-refractivity contribution in [3.8, 4) is 0 Å². The molecule has 10 nitrogen and oxygen atoms in total. The van der Waals surface area contributed by atoms with Gasteiger partial charge in [0.15, 0.2) is 0 Å². The molecule has 3 aromatic rings. The van der Waals surface area contributed by atoms with Gasteiger partial charge in [0.1, 0.15) is 30.2 Å². The number of anilines is 1. The molecule has 0 aliphatic carbocycles. The number of amides is 1. The number of hydrogen-bond donors (Lipinski definition) is 5. The zero-order chi connectivity index (χ0) is 32.2. The minimum atomic E-state index is -1.46. The third kappa shape index (κ3) is 6.94. The van der Waals surface area contributed by atoms with Gasteiger partial charge in [-0.25, -0.2) is 9.18 Å². The van der Waals surface area contributed by atoms with Gasteiger partial charge in [-0.05, 0) is 72.9 Å². The van der Waals surface area contributed by atoms with Crippen molar-refractivity contribution < 1.29 is 49.0 Å². The minimum Gasteiger partial charge on any atom is -0.462 e. The number of hydrogen-bond acceptors (Lipinski definition) is 9. The van der Waals surface area contributed by atoms with Crippen LogP contribution >= 0.6 is 0 Å². The number of β-lactam (4-membered cyclic amide) rings is 1. The summed E-state index contributed by atoms with van der Waals surface area (Å²) in [5.41, 5.74) is 3.11. The molecule has 0 saturated carbocycles. The zero-order valence-electron chi connectivity index (χ0n) is 24.8. The first-order valence-electron chi connectivity index (χ1n) is 15.1. The smallest absolute Gasteiger partial charge is 0.338 e. The molecule has 8 atom stereocenters. The summed E-state index contributed by atoms with van der Waals surface area (Å²) in [5, 5.41) is 50.9. The van der Waals surface area contributed by atoms with E-state index in [4.69, 9.17) is 9.47 Å². The fraction of sp³-hybridized carbons (Fsp3) is 0.412. The molecular weight excluding hydrogens is 585 g/mol. The Morgan fingerprint density at radius 3 is 2.20 bits per heavy atom. The fourth-order valence-electron chi connectivity index (χ4n) is 6.09. The number of halogens is 1. The summed E-state index contributed by atoms with van der Waals surface area (Å²) in [6.45, 7) is 1.45. The van der Waals surface area contributed by atoms with Gasteiger partial charge >= 0.3 is 5.97 Å². The van der Waals surface area contributed by atoms with E-state index in [1.54, 1.807) is 36.1 Å². The molecule has 11 heteroatoms. The first-order chi connectivity index (χ1) is 21.6. The quantitative estimate of drug-likeness (QED) is 0.160. The first kappa shape index (κ1) is 32.7. The van der Waals surface area contributed by atoms with Crippen LogP contribution in [0.25, 0.3) is 0 Å². The van der Waals surface area contributed by atoms with E-state index in [0.29, 0.717) is 23.2 Å². The molecule has 45 heavy (non-hydrogen) atoms. The maximum atomic E-state index is 13.5. The Hall–Kier alpha value is -3.71. The maximum absolute atomic E-state index is 13.5. The molecular formula is C34H38FNO9. The van der Waals surface area contributed by atoms with Crippen LogP contribution in [0.4, 0.5) is 10.1 Å². The van der Waals surface area contributed by atoms with E-state index >= 15 is 0 Å². The molecule has 240 valence electrons. The normalized spacial score (nSPS) is 27.1. The second-order valence-corrected chi connectivity index (χ2v) is 11.5. The Balaban J connectivity index is 1.35. The summed E-state index contributed by atoms with van der Waals surface area (Å²) in [6, 6.07) is 19.2. The lowest BCUT2D eigenvalue weighted by Gasteiger charge is -2.48. The van der Waals surface area contributed by atoms with E-state index in [0.717, 1.165) is 11.1 Å². The summed E-state index contributed by atoms with van der Waals surface area (Å²) >= 11 is 0. The van der Waals surface area contributed by atoms with Crippen LogP contribution < -0.4 is 4.90 Å². The predicted octanol–water partition coefficient (Wildman–Crippen LogP) is 2.61. The van der Waals surface area contributed by atoms with Crippen molar-refractivity contribution in [3.63, 3.8) is 0 Å². The van der Waals surface area contributed by atoms with Crippen LogP contribution in [0.5, 0.6) is 0 Å². The molecule has 1 amide bonds. The average molecular weight is 624 g/mol. The van der Waals surface area contributed by atoms with Crippen LogP contribution in [0.15, 0.2) is 72.8 Å². The van der Waals surface area contributed by atoms with Gasteiger partial charge < -0.3 is 39.9 Å². The third-order valence-electron chi connectivity index (χ3n) is 8.63. The number of carbonyl (C=O) groups excluding carboxylic acids is 2. The summed E-state index contributed by atoms with van der Waals surface area (Å²) in [5.74, 6) is -1.46. The number of ether oxygens (including phenoxy) is 2. The van der Waals surface area contributed by atoms with Crippen LogP contribution in [-0.2, 0) is 20.7 Å². The number of aliphatic hydroxyl groups is 5. The molecule has 2 aliphatic rings. The third-order valence-corrected chi connectivity index (χ3v) is 8.63. The maximum Gasteiger partial charge on any atom is 0.338 e. The molecule has 0 spiro atoms. The van der Waals surface area contributed by atoms with Crippen molar-refractivity contribution in [2.24, 2.45) is 5.92 Å². The average Bonchev–Trinajstić information content (AvgIpc) is 3.05. The van der Waals surface area contributed by atoms with Crippen molar-refractivity contribution in [2.45, 2.75) is 68.9 Å². The molecule has 2 heterocycles. The van der Waals surface area contributed by atoms with E-state index in [1.165, 1.54) is 24.3 Å². The molecule has 2 fully saturated rings. The highest BCUT2D eigenvalue weighted by molar-refractivity contribution is 6.03. The van der Waals surface area contributed by atoms with Gasteiger partial charge in [-0.2, -0.15) is 0 Å². The topological polar surface area (TPSA) is 157 Å².